The highest BCUT2D eigenvalue weighted by Gasteiger charge is 2.65. The topological polar surface area (TPSA) is 9.23 Å². The number of rotatable bonds is 2. The molecule has 0 aromatic carbocycles. The van der Waals surface area contributed by atoms with E-state index in [-0.39, 0.29) is 5.41 Å². The molecule has 31 heavy (non-hydrogen) atoms. The lowest BCUT2D eigenvalue weighted by molar-refractivity contribution is -0.151. The van der Waals surface area contributed by atoms with Crippen molar-refractivity contribution in [3.05, 3.63) is 11.6 Å². The van der Waals surface area contributed by atoms with E-state index in [1.807, 2.05) is 12.7 Å². The Bertz CT molecular complexity index is 748. The molecule has 0 amide bonds. The van der Waals surface area contributed by atoms with E-state index in [0.29, 0.717) is 22.3 Å². The van der Waals surface area contributed by atoms with Crippen molar-refractivity contribution in [1.82, 2.24) is 0 Å². The zero-order valence-corrected chi connectivity index (χ0v) is 21.9. The first-order valence-corrected chi connectivity index (χ1v) is 13.7. The van der Waals surface area contributed by atoms with Crippen LogP contribution in [0.25, 0.3) is 0 Å². The third-order valence-corrected chi connectivity index (χ3v) is 12.9. The van der Waals surface area contributed by atoms with Gasteiger partial charge in [-0.25, -0.2) is 0 Å². The highest BCUT2D eigenvalue weighted by Crippen LogP contribution is 2.73. The van der Waals surface area contributed by atoms with Gasteiger partial charge in [0, 0.05) is 7.11 Å². The summed E-state index contributed by atoms with van der Waals surface area (Å²) in [6.45, 7) is 18.1. The smallest absolute Gasteiger partial charge is 0.0625 e. The van der Waals surface area contributed by atoms with Gasteiger partial charge in [-0.3, -0.25) is 0 Å². The highest BCUT2D eigenvalue weighted by molar-refractivity contribution is 5.32. The molecule has 9 atom stereocenters. The Balaban J connectivity index is 1.52. The molecule has 0 aliphatic heterocycles. The predicted octanol–water partition coefficient (Wildman–Crippen LogP) is 8.29. The summed E-state index contributed by atoms with van der Waals surface area (Å²) >= 11 is 0. The van der Waals surface area contributed by atoms with Crippen LogP contribution in [0.3, 0.4) is 0 Å². The third kappa shape index (κ3) is 2.77. The molecule has 0 aromatic rings. The van der Waals surface area contributed by atoms with Gasteiger partial charge < -0.3 is 4.74 Å². The maximum atomic E-state index is 6.02. The summed E-state index contributed by atoms with van der Waals surface area (Å²) in [5.74, 6) is 5.39. The third-order valence-electron chi connectivity index (χ3n) is 12.9. The van der Waals surface area contributed by atoms with Gasteiger partial charge in [-0.2, -0.15) is 0 Å². The van der Waals surface area contributed by atoms with Crippen LogP contribution in [0.5, 0.6) is 0 Å². The molecular formula is C30H50O. The van der Waals surface area contributed by atoms with Crippen molar-refractivity contribution in [3.8, 4) is 0 Å². The maximum absolute atomic E-state index is 6.02. The minimum atomic E-state index is 0.281. The monoisotopic (exact) mass is 426 g/mol. The molecule has 1 nitrogen and oxygen atoms in total. The Labute approximate surface area is 193 Å². The molecule has 1 heteroatoms. The van der Waals surface area contributed by atoms with Gasteiger partial charge >= 0.3 is 0 Å². The minimum Gasteiger partial charge on any atom is -0.381 e. The van der Waals surface area contributed by atoms with E-state index in [1.165, 1.54) is 57.8 Å². The molecule has 176 valence electrons. The van der Waals surface area contributed by atoms with Crippen LogP contribution in [0.2, 0.25) is 0 Å². The Morgan fingerprint density at radius 2 is 1.61 bits per heavy atom. The van der Waals surface area contributed by atoms with E-state index < -0.39 is 0 Å². The zero-order valence-electron chi connectivity index (χ0n) is 21.9. The lowest BCUT2D eigenvalue weighted by atomic mass is 9.37. The van der Waals surface area contributed by atoms with Gasteiger partial charge in [0.1, 0.15) is 0 Å². The van der Waals surface area contributed by atoms with Crippen LogP contribution in [0.15, 0.2) is 11.6 Å². The molecule has 0 N–H and O–H groups in total. The SMILES string of the molecule is CO[C@H]1CC[C@]2(C)C3=CC[C@@]4(C)[C@H]5CC[C@@H](C(C)C)[C@@H]5CC[C@]4(C)[C@H]3CC[C@H]2C1(C)C. The zero-order chi connectivity index (χ0) is 22.4. The second kappa shape index (κ2) is 7.10. The summed E-state index contributed by atoms with van der Waals surface area (Å²) in [4.78, 5) is 0. The van der Waals surface area contributed by atoms with Gasteiger partial charge in [-0.1, -0.05) is 60.1 Å². The Kier molecular flexibility index (Phi) is 5.15. The van der Waals surface area contributed by atoms with Gasteiger partial charge in [0.2, 0.25) is 0 Å². The summed E-state index contributed by atoms with van der Waals surface area (Å²) < 4.78 is 6.02. The maximum Gasteiger partial charge on any atom is 0.0625 e. The summed E-state index contributed by atoms with van der Waals surface area (Å²) in [6, 6.07) is 0. The Hall–Kier alpha value is -0.300. The second-order valence-electron chi connectivity index (χ2n) is 14.2. The largest absolute Gasteiger partial charge is 0.381 e. The van der Waals surface area contributed by atoms with E-state index in [2.05, 4.69) is 54.5 Å². The second-order valence-corrected chi connectivity index (χ2v) is 14.2. The fourth-order valence-corrected chi connectivity index (χ4v) is 11.0. The number of ether oxygens (including phenoxy) is 1. The molecule has 0 saturated heterocycles. The van der Waals surface area contributed by atoms with Gasteiger partial charge in [-0.05, 0) is 115 Å². The van der Waals surface area contributed by atoms with Crippen LogP contribution in [0, 0.1) is 57.2 Å². The molecule has 0 radical (unpaired) electrons. The molecule has 0 bridgehead atoms. The first kappa shape index (κ1) is 22.5. The van der Waals surface area contributed by atoms with Crippen LogP contribution in [-0.2, 0) is 4.74 Å². The van der Waals surface area contributed by atoms with E-state index in [9.17, 15) is 0 Å². The molecular weight excluding hydrogens is 376 g/mol. The van der Waals surface area contributed by atoms with Gasteiger partial charge in [0.25, 0.3) is 0 Å². The van der Waals surface area contributed by atoms with E-state index in [0.717, 1.165) is 35.5 Å². The number of methoxy groups -OCH3 is 1. The van der Waals surface area contributed by atoms with Gasteiger partial charge in [-0.15, -0.1) is 0 Å². The van der Waals surface area contributed by atoms with Gasteiger partial charge in [0.15, 0.2) is 0 Å². The fourth-order valence-electron chi connectivity index (χ4n) is 11.0. The van der Waals surface area contributed by atoms with Crippen molar-refractivity contribution in [1.29, 1.82) is 0 Å². The first-order valence-electron chi connectivity index (χ1n) is 13.7. The summed E-state index contributed by atoms with van der Waals surface area (Å²) in [7, 11) is 1.94. The van der Waals surface area contributed by atoms with Crippen molar-refractivity contribution < 1.29 is 4.74 Å². The Morgan fingerprint density at radius 1 is 0.871 bits per heavy atom. The van der Waals surface area contributed by atoms with Crippen molar-refractivity contribution in [2.45, 2.75) is 112 Å². The molecule has 0 aromatic heterocycles. The van der Waals surface area contributed by atoms with E-state index >= 15 is 0 Å². The van der Waals surface area contributed by atoms with Crippen molar-refractivity contribution in [2.75, 3.05) is 7.11 Å². The lowest BCUT2D eigenvalue weighted by Crippen LogP contribution is -2.60. The Morgan fingerprint density at radius 3 is 2.29 bits per heavy atom. The minimum absolute atomic E-state index is 0.281. The van der Waals surface area contributed by atoms with Crippen LogP contribution in [0.1, 0.15) is 106 Å². The number of allylic oxidation sites excluding steroid dienone is 2. The standard InChI is InChI=1S/C30H50O/c1-19(2)20-9-10-22-21(20)13-17-30(7)24-11-12-25-27(3,4)26(31-8)15-16-28(25,5)23(24)14-18-29(22,30)6/h14,19-22,24-26H,9-13,15-18H2,1-8H3/t20-,21-,22-,24-,25-,26-,28+,29-,30+/m0/s1. The van der Waals surface area contributed by atoms with Crippen molar-refractivity contribution >= 4 is 0 Å². The van der Waals surface area contributed by atoms with Crippen LogP contribution >= 0.6 is 0 Å². The molecule has 4 saturated carbocycles. The number of fused-ring (bicyclic) bond motifs is 7. The van der Waals surface area contributed by atoms with Gasteiger partial charge in [0.05, 0.1) is 6.10 Å². The quantitative estimate of drug-likeness (QED) is 0.403. The van der Waals surface area contributed by atoms with Crippen LogP contribution in [-0.4, -0.2) is 13.2 Å². The number of hydrogen-bond donors (Lipinski definition) is 0. The summed E-state index contributed by atoms with van der Waals surface area (Å²) in [5.41, 5.74) is 3.57. The molecule has 0 heterocycles. The lowest BCUT2D eigenvalue weighted by Gasteiger charge is -2.68. The normalized spacial score (nSPS) is 53.3. The average Bonchev–Trinajstić information content (AvgIpc) is 3.14. The van der Waals surface area contributed by atoms with E-state index in [4.69, 9.17) is 4.74 Å². The molecule has 5 aliphatic rings. The molecule has 5 rings (SSSR count). The summed E-state index contributed by atoms with van der Waals surface area (Å²) in [6.07, 6.45) is 15.9. The number of hydrogen-bond acceptors (Lipinski definition) is 1. The van der Waals surface area contributed by atoms with Crippen LogP contribution in [0.4, 0.5) is 0 Å². The molecule has 5 aliphatic carbocycles. The van der Waals surface area contributed by atoms with Crippen LogP contribution < -0.4 is 0 Å². The van der Waals surface area contributed by atoms with E-state index in [1.54, 1.807) is 0 Å². The average molecular weight is 427 g/mol. The predicted molar refractivity (Wildman–Crippen MR) is 131 cm³/mol. The summed E-state index contributed by atoms with van der Waals surface area (Å²) in [5, 5.41) is 0. The van der Waals surface area contributed by atoms with Crippen molar-refractivity contribution in [3.63, 3.8) is 0 Å². The fraction of sp³-hybridized carbons (Fsp3) is 0.933. The van der Waals surface area contributed by atoms with Crippen molar-refractivity contribution in [2.24, 2.45) is 57.2 Å². The molecule has 0 spiro atoms. The first-order chi connectivity index (χ1) is 14.5. The molecule has 0 unspecified atom stereocenters. The highest BCUT2D eigenvalue weighted by atomic mass is 16.5. The molecule has 4 fully saturated rings.